The van der Waals surface area contributed by atoms with Crippen LogP contribution in [-0.4, -0.2) is 16.3 Å². The number of nitrogens with zero attached hydrogens (tertiary/aromatic N) is 3. The number of aromatic nitrogens is 1. The molecular weight excluding hydrogens is 334 g/mol. The van der Waals surface area contributed by atoms with Gasteiger partial charge < -0.3 is 9.52 Å². The summed E-state index contributed by atoms with van der Waals surface area (Å²) in [5.74, 6) is 0.0629. The Morgan fingerprint density at radius 1 is 1.24 bits per heavy atom. The van der Waals surface area contributed by atoms with E-state index >= 15 is 0 Å². The highest BCUT2D eigenvalue weighted by Gasteiger charge is 2.20. The molecule has 2 aromatic heterocycles. The normalized spacial score (nSPS) is 13.7. The molecule has 0 aliphatic heterocycles. The average molecular weight is 349 g/mol. The first-order valence-corrected chi connectivity index (χ1v) is 8.92. The number of aromatic hydroxyl groups is 1. The Morgan fingerprint density at radius 2 is 2.04 bits per heavy atom. The van der Waals surface area contributed by atoms with E-state index in [0.29, 0.717) is 16.5 Å². The third-order valence-corrected chi connectivity index (χ3v) is 5.42. The second kappa shape index (κ2) is 6.54. The quantitative estimate of drug-likeness (QED) is 0.700. The van der Waals surface area contributed by atoms with Crippen molar-refractivity contribution < 1.29 is 9.52 Å². The lowest BCUT2D eigenvalue weighted by molar-refractivity contribution is 0.337. The van der Waals surface area contributed by atoms with Gasteiger partial charge >= 0.3 is 5.95 Å². The monoisotopic (exact) mass is 349 g/mol. The van der Waals surface area contributed by atoms with Crippen molar-refractivity contribution in [3.8, 4) is 23.5 Å². The van der Waals surface area contributed by atoms with Gasteiger partial charge in [-0.25, -0.2) is 9.98 Å². The molecule has 0 spiro atoms. The van der Waals surface area contributed by atoms with Crippen molar-refractivity contribution in [2.24, 2.45) is 4.99 Å². The van der Waals surface area contributed by atoms with E-state index in [9.17, 15) is 10.4 Å². The molecule has 1 aliphatic carbocycles. The molecule has 124 valence electrons. The maximum absolute atomic E-state index is 9.98. The molecule has 6 heteroatoms. The van der Waals surface area contributed by atoms with Crippen LogP contribution in [0, 0.1) is 11.3 Å². The van der Waals surface area contributed by atoms with Gasteiger partial charge in [0.25, 0.3) is 0 Å². The third-order valence-electron chi connectivity index (χ3n) is 4.22. The number of aryl methyl sites for hydroxylation is 1. The molecule has 0 radical (unpaired) electrons. The lowest BCUT2D eigenvalue weighted by Crippen LogP contribution is -1.99. The first-order valence-electron chi connectivity index (χ1n) is 8.10. The largest absolute Gasteiger partial charge is 0.479 e. The van der Waals surface area contributed by atoms with E-state index in [4.69, 9.17) is 4.42 Å². The van der Waals surface area contributed by atoms with Crippen LogP contribution in [0.4, 0.5) is 5.00 Å². The van der Waals surface area contributed by atoms with Crippen LogP contribution in [0.25, 0.3) is 11.5 Å². The topological polar surface area (TPSA) is 82.4 Å². The smallest absolute Gasteiger partial charge is 0.312 e. The van der Waals surface area contributed by atoms with E-state index in [1.54, 1.807) is 11.3 Å². The zero-order valence-corrected chi connectivity index (χ0v) is 14.2. The molecule has 0 saturated carbocycles. The zero-order valence-electron chi connectivity index (χ0n) is 13.4. The van der Waals surface area contributed by atoms with E-state index in [1.807, 2.05) is 30.3 Å². The molecular formula is C19H15N3O2S. The number of rotatable bonds is 3. The highest BCUT2D eigenvalue weighted by atomic mass is 32.1. The first kappa shape index (κ1) is 15.6. The molecule has 0 atom stereocenters. The second-order valence-electron chi connectivity index (χ2n) is 5.84. The van der Waals surface area contributed by atoms with Crippen molar-refractivity contribution in [2.45, 2.75) is 25.7 Å². The van der Waals surface area contributed by atoms with Crippen molar-refractivity contribution >= 4 is 22.6 Å². The lowest BCUT2D eigenvalue weighted by atomic mass is 9.96. The van der Waals surface area contributed by atoms with Gasteiger partial charge in [0.05, 0.1) is 11.8 Å². The fraction of sp³-hybridized carbons (Fsp3) is 0.211. The highest BCUT2D eigenvalue weighted by molar-refractivity contribution is 7.16. The summed E-state index contributed by atoms with van der Waals surface area (Å²) < 4.78 is 5.32. The molecule has 0 fully saturated rings. The lowest BCUT2D eigenvalue weighted by Gasteiger charge is -2.09. The number of aliphatic imine (C=N–C) groups is 1. The molecule has 1 N–H and O–H groups in total. The Balaban J connectivity index is 1.66. The van der Waals surface area contributed by atoms with Crippen molar-refractivity contribution in [3.63, 3.8) is 0 Å². The maximum Gasteiger partial charge on any atom is 0.312 e. The Morgan fingerprint density at radius 3 is 2.84 bits per heavy atom. The Bertz CT molecular complexity index is 980. The van der Waals surface area contributed by atoms with Gasteiger partial charge in [0.15, 0.2) is 5.69 Å². The number of thiophene rings is 1. The predicted molar refractivity (Wildman–Crippen MR) is 96.5 cm³/mol. The fourth-order valence-electron chi connectivity index (χ4n) is 2.99. The Labute approximate surface area is 148 Å². The van der Waals surface area contributed by atoms with Crippen molar-refractivity contribution in [3.05, 3.63) is 52.0 Å². The minimum atomic E-state index is -0.276. The minimum absolute atomic E-state index is 0.258. The molecule has 1 aromatic carbocycles. The number of fused-ring (bicyclic) bond motifs is 1. The van der Waals surface area contributed by atoms with Crippen LogP contribution >= 0.6 is 11.3 Å². The van der Waals surface area contributed by atoms with E-state index in [0.717, 1.165) is 36.8 Å². The van der Waals surface area contributed by atoms with Crippen LogP contribution in [0.15, 0.2) is 39.7 Å². The van der Waals surface area contributed by atoms with Crippen LogP contribution in [-0.2, 0) is 12.8 Å². The fourth-order valence-corrected chi connectivity index (χ4v) is 4.17. The molecule has 0 amide bonds. The van der Waals surface area contributed by atoms with Crippen LogP contribution < -0.4 is 0 Å². The highest BCUT2D eigenvalue weighted by Crippen LogP contribution is 2.39. The minimum Gasteiger partial charge on any atom is -0.479 e. The van der Waals surface area contributed by atoms with Crippen LogP contribution in [0.2, 0.25) is 0 Å². The summed E-state index contributed by atoms with van der Waals surface area (Å²) >= 11 is 1.55. The number of oxazole rings is 1. The molecule has 1 aliphatic rings. The molecule has 5 nitrogen and oxygen atoms in total. The Kier molecular flexibility index (Phi) is 4.08. The molecule has 4 rings (SSSR count). The summed E-state index contributed by atoms with van der Waals surface area (Å²) in [6.45, 7) is 0. The van der Waals surface area contributed by atoms with Gasteiger partial charge in [-0.2, -0.15) is 5.26 Å². The zero-order chi connectivity index (χ0) is 17.2. The Hall–Kier alpha value is -2.91. The maximum atomic E-state index is 9.98. The van der Waals surface area contributed by atoms with E-state index in [2.05, 4.69) is 16.0 Å². The molecule has 0 bridgehead atoms. The molecule has 0 saturated heterocycles. The van der Waals surface area contributed by atoms with Crippen LogP contribution in [0.1, 0.15) is 34.5 Å². The molecule has 3 aromatic rings. The van der Waals surface area contributed by atoms with Crippen LogP contribution in [0.3, 0.4) is 0 Å². The van der Waals surface area contributed by atoms with Gasteiger partial charge in [-0.15, -0.1) is 11.3 Å². The van der Waals surface area contributed by atoms with E-state index < -0.39 is 0 Å². The van der Waals surface area contributed by atoms with E-state index in [-0.39, 0.29) is 11.6 Å². The summed E-state index contributed by atoms with van der Waals surface area (Å²) in [6, 6.07) is 11.6. The number of nitriles is 1. The summed E-state index contributed by atoms with van der Waals surface area (Å²) in [6.07, 6.45) is 5.69. The summed E-state index contributed by atoms with van der Waals surface area (Å²) in [4.78, 5) is 9.95. The summed E-state index contributed by atoms with van der Waals surface area (Å²) in [7, 11) is 0. The number of hydrogen-bond donors (Lipinski definition) is 1. The number of benzene rings is 1. The third kappa shape index (κ3) is 2.94. The summed E-state index contributed by atoms with van der Waals surface area (Å²) in [5.41, 5.74) is 2.83. The van der Waals surface area contributed by atoms with Gasteiger partial charge in [-0.1, -0.05) is 18.2 Å². The van der Waals surface area contributed by atoms with Gasteiger partial charge in [0.2, 0.25) is 5.89 Å². The SMILES string of the molecule is N#Cc1c(N=Cc2nc(-c3ccccc3)oc2O)sc2c1CCCC2. The van der Waals surface area contributed by atoms with Gasteiger partial charge in [0, 0.05) is 10.4 Å². The predicted octanol–water partition coefficient (Wildman–Crippen LogP) is 4.61. The average Bonchev–Trinajstić information content (AvgIpc) is 3.20. The van der Waals surface area contributed by atoms with Crippen molar-refractivity contribution in [1.29, 1.82) is 5.26 Å². The van der Waals surface area contributed by atoms with Crippen molar-refractivity contribution in [2.75, 3.05) is 0 Å². The molecule has 25 heavy (non-hydrogen) atoms. The van der Waals surface area contributed by atoms with Gasteiger partial charge in [-0.05, 0) is 43.4 Å². The molecule has 0 unspecified atom stereocenters. The van der Waals surface area contributed by atoms with E-state index in [1.165, 1.54) is 11.1 Å². The van der Waals surface area contributed by atoms with Gasteiger partial charge in [-0.3, -0.25) is 0 Å². The number of hydrogen-bond acceptors (Lipinski definition) is 6. The second-order valence-corrected chi connectivity index (χ2v) is 6.92. The molecule has 2 heterocycles. The van der Waals surface area contributed by atoms with Crippen LogP contribution in [0.5, 0.6) is 5.95 Å². The first-order chi connectivity index (χ1) is 12.3. The standard InChI is InChI=1S/C19H15N3O2S/c20-10-14-13-8-4-5-9-16(13)25-18(14)21-11-15-19(23)24-17(22-15)12-6-2-1-3-7-12/h1-3,6-7,11,23H,4-5,8-9H2. The van der Waals surface area contributed by atoms with Crippen molar-refractivity contribution in [1.82, 2.24) is 4.98 Å². The summed E-state index contributed by atoms with van der Waals surface area (Å²) in [5, 5.41) is 20.1. The van der Waals surface area contributed by atoms with Gasteiger partial charge in [0.1, 0.15) is 11.1 Å².